The standard InChI is InChI=1S/C22H20N2O4S/c1-15-11-12-20(28-2)18(13-15)23-22(25)14-24-19-9-5-3-7-16(19)17-8-4-6-10-21(17)29(24,26)27/h3-13H,14H2,1-2H3,(H,23,25). The molecule has 3 aromatic carbocycles. The molecule has 148 valence electrons. The van der Waals surface area contributed by atoms with Crippen LogP contribution < -0.4 is 14.4 Å². The Bertz CT molecular complexity index is 1200. The normalized spacial score (nSPS) is 13.9. The molecule has 4 rings (SSSR count). The SMILES string of the molecule is COc1ccc(C)cc1NC(=O)CN1c2ccccc2-c2ccccc2S1(=O)=O. The average molecular weight is 408 g/mol. The second-order valence-corrected chi connectivity index (χ2v) is 8.61. The summed E-state index contributed by atoms with van der Waals surface area (Å²) < 4.78 is 33.0. The largest absolute Gasteiger partial charge is 0.495 e. The minimum absolute atomic E-state index is 0.194. The second-order valence-electron chi connectivity index (χ2n) is 6.78. The van der Waals surface area contributed by atoms with Crippen molar-refractivity contribution in [2.75, 3.05) is 23.3 Å². The molecule has 0 spiro atoms. The van der Waals surface area contributed by atoms with Gasteiger partial charge >= 0.3 is 0 Å². The first-order valence-electron chi connectivity index (χ1n) is 9.07. The van der Waals surface area contributed by atoms with E-state index in [0.29, 0.717) is 22.7 Å². The highest BCUT2D eigenvalue weighted by Crippen LogP contribution is 2.42. The van der Waals surface area contributed by atoms with Gasteiger partial charge in [-0.1, -0.05) is 42.5 Å². The van der Waals surface area contributed by atoms with Crippen LogP contribution in [0.25, 0.3) is 11.1 Å². The molecule has 0 saturated carbocycles. The number of anilines is 2. The molecule has 0 bridgehead atoms. The topological polar surface area (TPSA) is 75.7 Å². The number of rotatable bonds is 4. The maximum atomic E-state index is 13.3. The van der Waals surface area contributed by atoms with E-state index in [0.717, 1.165) is 15.4 Å². The predicted octanol–water partition coefficient (Wildman–Crippen LogP) is 3.82. The Morgan fingerprint density at radius 1 is 1.00 bits per heavy atom. The zero-order chi connectivity index (χ0) is 20.6. The van der Waals surface area contributed by atoms with Crippen LogP contribution in [0.4, 0.5) is 11.4 Å². The van der Waals surface area contributed by atoms with Gasteiger partial charge in [0.25, 0.3) is 10.0 Å². The van der Waals surface area contributed by atoms with Gasteiger partial charge < -0.3 is 10.1 Å². The van der Waals surface area contributed by atoms with Gasteiger partial charge in [-0.2, -0.15) is 0 Å². The highest BCUT2D eigenvalue weighted by Gasteiger charge is 2.35. The van der Waals surface area contributed by atoms with E-state index in [1.807, 2.05) is 25.1 Å². The number of methoxy groups -OCH3 is 1. The molecule has 1 N–H and O–H groups in total. The molecule has 7 heteroatoms. The fourth-order valence-electron chi connectivity index (χ4n) is 3.49. The molecule has 0 fully saturated rings. The number of carbonyl (C=O) groups excluding carboxylic acids is 1. The summed E-state index contributed by atoms with van der Waals surface area (Å²) in [6, 6.07) is 19.4. The zero-order valence-corrected chi connectivity index (χ0v) is 16.9. The highest BCUT2D eigenvalue weighted by atomic mass is 32.2. The predicted molar refractivity (Wildman–Crippen MR) is 113 cm³/mol. The number of amides is 1. The van der Waals surface area contributed by atoms with E-state index < -0.39 is 15.9 Å². The van der Waals surface area contributed by atoms with Crippen LogP contribution in [0.5, 0.6) is 5.75 Å². The minimum atomic E-state index is -3.87. The lowest BCUT2D eigenvalue weighted by Gasteiger charge is -2.31. The Morgan fingerprint density at radius 2 is 1.69 bits per heavy atom. The minimum Gasteiger partial charge on any atom is -0.495 e. The third-order valence-corrected chi connectivity index (χ3v) is 6.65. The van der Waals surface area contributed by atoms with Crippen LogP contribution >= 0.6 is 0 Å². The first kappa shape index (κ1) is 19.0. The van der Waals surface area contributed by atoms with E-state index in [1.165, 1.54) is 7.11 Å². The Labute approximate surface area is 169 Å². The van der Waals surface area contributed by atoms with Gasteiger partial charge in [-0.05, 0) is 36.8 Å². The number of benzene rings is 3. The lowest BCUT2D eigenvalue weighted by Crippen LogP contribution is -2.40. The monoisotopic (exact) mass is 408 g/mol. The molecule has 3 aromatic rings. The number of aryl methyl sites for hydroxylation is 1. The fraction of sp³-hybridized carbons (Fsp3) is 0.136. The first-order valence-corrected chi connectivity index (χ1v) is 10.5. The quantitative estimate of drug-likeness (QED) is 0.712. The lowest BCUT2D eigenvalue weighted by atomic mass is 10.0. The van der Waals surface area contributed by atoms with Crippen molar-refractivity contribution in [1.82, 2.24) is 0 Å². The molecule has 0 saturated heterocycles. The molecule has 1 amide bonds. The van der Waals surface area contributed by atoms with E-state index >= 15 is 0 Å². The first-order chi connectivity index (χ1) is 13.9. The summed E-state index contributed by atoms with van der Waals surface area (Å²) in [5.41, 5.74) is 3.35. The summed E-state index contributed by atoms with van der Waals surface area (Å²) in [6.45, 7) is 1.56. The number of ether oxygens (including phenoxy) is 1. The highest BCUT2D eigenvalue weighted by molar-refractivity contribution is 7.93. The Hall–Kier alpha value is -3.32. The molecule has 1 aliphatic heterocycles. The summed E-state index contributed by atoms with van der Waals surface area (Å²) >= 11 is 0. The Morgan fingerprint density at radius 3 is 2.45 bits per heavy atom. The van der Waals surface area contributed by atoms with E-state index in [-0.39, 0.29) is 11.4 Å². The second kappa shape index (κ2) is 7.25. The fourth-order valence-corrected chi connectivity index (χ4v) is 5.14. The van der Waals surface area contributed by atoms with Gasteiger partial charge in [0.05, 0.1) is 23.4 Å². The summed E-state index contributed by atoms with van der Waals surface area (Å²) in [6.07, 6.45) is 0. The molecule has 0 unspecified atom stereocenters. The molecule has 0 aliphatic carbocycles. The van der Waals surface area contributed by atoms with Gasteiger partial charge in [0.2, 0.25) is 5.91 Å². The van der Waals surface area contributed by atoms with Crippen LogP contribution in [0.3, 0.4) is 0 Å². The van der Waals surface area contributed by atoms with Gasteiger partial charge in [-0.25, -0.2) is 8.42 Å². The maximum Gasteiger partial charge on any atom is 0.265 e. The lowest BCUT2D eigenvalue weighted by molar-refractivity contribution is -0.114. The van der Waals surface area contributed by atoms with Gasteiger partial charge in [0.15, 0.2) is 0 Å². The van der Waals surface area contributed by atoms with Crippen LogP contribution in [0.1, 0.15) is 5.56 Å². The summed E-state index contributed by atoms with van der Waals surface area (Å²) in [7, 11) is -2.35. The Kier molecular flexibility index (Phi) is 4.76. The number of carbonyl (C=O) groups is 1. The summed E-state index contributed by atoms with van der Waals surface area (Å²) in [5, 5.41) is 2.77. The van der Waals surface area contributed by atoms with E-state index in [9.17, 15) is 13.2 Å². The molecule has 1 aliphatic rings. The third-order valence-electron chi connectivity index (χ3n) is 4.83. The number of para-hydroxylation sites is 1. The van der Waals surface area contributed by atoms with Gasteiger partial charge in [-0.3, -0.25) is 9.10 Å². The van der Waals surface area contributed by atoms with Crippen LogP contribution in [0, 0.1) is 6.92 Å². The van der Waals surface area contributed by atoms with Crippen LogP contribution in [-0.2, 0) is 14.8 Å². The number of nitrogens with zero attached hydrogens (tertiary/aromatic N) is 1. The van der Waals surface area contributed by atoms with Crippen molar-refractivity contribution in [3.8, 4) is 16.9 Å². The van der Waals surface area contributed by atoms with Crippen molar-refractivity contribution in [2.45, 2.75) is 11.8 Å². The summed E-state index contributed by atoms with van der Waals surface area (Å²) in [4.78, 5) is 13.0. The van der Waals surface area contributed by atoms with Crippen LogP contribution in [-0.4, -0.2) is 28.0 Å². The Balaban J connectivity index is 1.70. The van der Waals surface area contributed by atoms with Crippen molar-refractivity contribution in [2.24, 2.45) is 0 Å². The molecule has 0 aromatic heterocycles. The molecular weight excluding hydrogens is 388 g/mol. The average Bonchev–Trinajstić information content (AvgIpc) is 2.71. The molecule has 29 heavy (non-hydrogen) atoms. The van der Waals surface area contributed by atoms with Gasteiger partial charge in [0.1, 0.15) is 12.3 Å². The van der Waals surface area contributed by atoms with Crippen LogP contribution in [0.2, 0.25) is 0 Å². The smallest absolute Gasteiger partial charge is 0.265 e. The summed E-state index contributed by atoms with van der Waals surface area (Å²) in [5.74, 6) is 0.0582. The number of hydrogen-bond acceptors (Lipinski definition) is 4. The van der Waals surface area contributed by atoms with Crippen molar-refractivity contribution < 1.29 is 17.9 Å². The molecule has 1 heterocycles. The number of nitrogens with one attached hydrogen (secondary N) is 1. The molecule has 0 atom stereocenters. The van der Waals surface area contributed by atoms with E-state index in [4.69, 9.17) is 4.74 Å². The molecule has 6 nitrogen and oxygen atoms in total. The van der Waals surface area contributed by atoms with Gasteiger partial charge in [0, 0.05) is 11.1 Å². The number of hydrogen-bond donors (Lipinski definition) is 1. The van der Waals surface area contributed by atoms with E-state index in [1.54, 1.807) is 48.5 Å². The number of sulfonamides is 1. The van der Waals surface area contributed by atoms with Crippen molar-refractivity contribution >= 4 is 27.3 Å². The van der Waals surface area contributed by atoms with Crippen molar-refractivity contribution in [3.63, 3.8) is 0 Å². The number of fused-ring (bicyclic) bond motifs is 3. The van der Waals surface area contributed by atoms with Crippen molar-refractivity contribution in [3.05, 3.63) is 72.3 Å². The van der Waals surface area contributed by atoms with Crippen molar-refractivity contribution in [1.29, 1.82) is 0 Å². The third kappa shape index (κ3) is 3.34. The van der Waals surface area contributed by atoms with Crippen LogP contribution in [0.15, 0.2) is 71.6 Å². The zero-order valence-electron chi connectivity index (χ0n) is 16.0. The molecule has 0 radical (unpaired) electrons. The molecular formula is C22H20N2O4S. The maximum absolute atomic E-state index is 13.3. The van der Waals surface area contributed by atoms with E-state index in [2.05, 4.69) is 5.32 Å². The van der Waals surface area contributed by atoms with Gasteiger partial charge in [-0.15, -0.1) is 0 Å².